The van der Waals surface area contributed by atoms with Crippen LogP contribution in [0, 0.1) is 0 Å². The first kappa shape index (κ1) is 9.68. The Morgan fingerprint density at radius 3 is 2.85 bits per heavy atom. The molecule has 2 aliphatic heterocycles. The standard InChI is InChI=1S/C10H20O2Si/c1-11-9-5-2-3-8-13(9)10-6-4-7-12-10/h9-10,13H,2-8H2,1H3. The Hall–Kier alpha value is 0.137. The molecule has 0 aromatic carbocycles. The quantitative estimate of drug-likeness (QED) is 0.631. The van der Waals surface area contributed by atoms with Crippen LogP contribution in [0.2, 0.25) is 6.04 Å². The molecule has 2 heterocycles. The van der Waals surface area contributed by atoms with Crippen molar-refractivity contribution in [3.63, 3.8) is 0 Å². The van der Waals surface area contributed by atoms with Crippen LogP contribution in [-0.2, 0) is 9.47 Å². The van der Waals surface area contributed by atoms with E-state index in [0.717, 1.165) is 6.61 Å². The lowest BCUT2D eigenvalue weighted by molar-refractivity contribution is 0.118. The zero-order chi connectivity index (χ0) is 9.10. The summed E-state index contributed by atoms with van der Waals surface area (Å²) in [5.41, 5.74) is 1.25. The molecule has 0 spiro atoms. The first-order valence-electron chi connectivity index (χ1n) is 5.56. The van der Waals surface area contributed by atoms with Crippen LogP contribution < -0.4 is 0 Å². The van der Waals surface area contributed by atoms with Gasteiger partial charge in [0.25, 0.3) is 0 Å². The van der Waals surface area contributed by atoms with Gasteiger partial charge in [-0.05, 0) is 19.3 Å². The number of rotatable bonds is 2. The average Bonchev–Trinajstić information content (AvgIpc) is 2.70. The average molecular weight is 200 g/mol. The highest BCUT2D eigenvalue weighted by Gasteiger charge is 2.35. The lowest BCUT2D eigenvalue weighted by atomic mass is 10.2. The zero-order valence-corrected chi connectivity index (χ0v) is 9.65. The minimum Gasteiger partial charge on any atom is -0.385 e. The highest BCUT2D eigenvalue weighted by atomic mass is 28.3. The number of hydrogen-bond acceptors (Lipinski definition) is 2. The molecule has 0 aliphatic carbocycles. The summed E-state index contributed by atoms with van der Waals surface area (Å²) in [6.07, 6.45) is 6.69. The predicted molar refractivity (Wildman–Crippen MR) is 55.6 cm³/mol. The van der Waals surface area contributed by atoms with Gasteiger partial charge in [0.05, 0.1) is 0 Å². The van der Waals surface area contributed by atoms with E-state index in [9.17, 15) is 0 Å². The molecule has 2 fully saturated rings. The number of hydrogen-bond donors (Lipinski definition) is 0. The number of ether oxygens (including phenoxy) is 2. The van der Waals surface area contributed by atoms with Gasteiger partial charge in [0.2, 0.25) is 0 Å². The van der Waals surface area contributed by atoms with Crippen molar-refractivity contribution in [2.75, 3.05) is 13.7 Å². The maximum Gasteiger partial charge on any atom is 0.105 e. The Balaban J connectivity index is 1.93. The van der Waals surface area contributed by atoms with E-state index in [1.54, 1.807) is 0 Å². The molecule has 2 aliphatic rings. The fourth-order valence-corrected chi connectivity index (χ4v) is 6.83. The van der Waals surface area contributed by atoms with E-state index >= 15 is 0 Å². The van der Waals surface area contributed by atoms with Crippen LogP contribution in [0.15, 0.2) is 0 Å². The predicted octanol–water partition coefficient (Wildman–Crippen LogP) is 1.67. The van der Waals surface area contributed by atoms with Crippen molar-refractivity contribution in [3.8, 4) is 0 Å². The van der Waals surface area contributed by atoms with Crippen LogP contribution >= 0.6 is 0 Å². The zero-order valence-electron chi connectivity index (χ0n) is 8.50. The fraction of sp³-hybridized carbons (Fsp3) is 1.00. The topological polar surface area (TPSA) is 18.5 Å². The summed E-state index contributed by atoms with van der Waals surface area (Å²) in [6.45, 7) is 1.00. The third kappa shape index (κ3) is 2.14. The molecule has 13 heavy (non-hydrogen) atoms. The normalized spacial score (nSPS) is 40.8. The summed E-state index contributed by atoms with van der Waals surface area (Å²) < 4.78 is 11.4. The van der Waals surface area contributed by atoms with Crippen molar-refractivity contribution in [2.45, 2.75) is 49.6 Å². The minimum absolute atomic E-state index is 0.608. The monoisotopic (exact) mass is 200 g/mol. The Bertz CT molecular complexity index is 155. The molecule has 0 amide bonds. The van der Waals surface area contributed by atoms with E-state index in [0.29, 0.717) is 11.5 Å². The second-order valence-corrected chi connectivity index (χ2v) is 7.67. The molecule has 0 N–H and O–H groups in total. The van der Waals surface area contributed by atoms with Gasteiger partial charge in [0.15, 0.2) is 0 Å². The summed E-state index contributed by atoms with van der Waals surface area (Å²) >= 11 is 0. The van der Waals surface area contributed by atoms with Crippen molar-refractivity contribution in [1.29, 1.82) is 0 Å². The summed E-state index contributed by atoms with van der Waals surface area (Å²) in [6, 6.07) is 1.45. The SMILES string of the molecule is COC1CCCC[SiH]1C1CCCO1. The summed E-state index contributed by atoms with van der Waals surface area (Å²) in [5.74, 6) is 0. The van der Waals surface area contributed by atoms with Crippen molar-refractivity contribution in [3.05, 3.63) is 0 Å². The van der Waals surface area contributed by atoms with Crippen molar-refractivity contribution < 1.29 is 9.47 Å². The molecule has 3 unspecified atom stereocenters. The van der Waals surface area contributed by atoms with Crippen LogP contribution in [0.4, 0.5) is 0 Å². The molecule has 0 saturated carbocycles. The van der Waals surface area contributed by atoms with Crippen LogP contribution in [0.5, 0.6) is 0 Å². The van der Waals surface area contributed by atoms with E-state index in [2.05, 4.69) is 0 Å². The van der Waals surface area contributed by atoms with E-state index in [1.807, 2.05) is 7.11 Å². The first-order chi connectivity index (χ1) is 6.42. The third-order valence-corrected chi connectivity index (χ3v) is 7.62. The Labute approximate surface area is 82.2 Å². The molecule has 0 radical (unpaired) electrons. The molecular weight excluding hydrogens is 180 g/mol. The van der Waals surface area contributed by atoms with Gasteiger partial charge in [0.1, 0.15) is 8.80 Å². The Kier molecular flexibility index (Phi) is 3.41. The molecule has 0 bridgehead atoms. The van der Waals surface area contributed by atoms with Gasteiger partial charge in [-0.2, -0.15) is 0 Å². The Morgan fingerprint density at radius 1 is 1.23 bits per heavy atom. The second kappa shape index (κ2) is 4.58. The van der Waals surface area contributed by atoms with Crippen LogP contribution in [-0.4, -0.2) is 34.0 Å². The van der Waals surface area contributed by atoms with Crippen molar-refractivity contribution >= 4 is 8.80 Å². The maximum atomic E-state index is 5.81. The maximum absolute atomic E-state index is 5.81. The van der Waals surface area contributed by atoms with Gasteiger partial charge >= 0.3 is 0 Å². The van der Waals surface area contributed by atoms with Crippen LogP contribution in [0.25, 0.3) is 0 Å². The van der Waals surface area contributed by atoms with Gasteiger partial charge in [-0.1, -0.05) is 18.9 Å². The molecule has 2 nitrogen and oxygen atoms in total. The molecule has 0 aromatic heterocycles. The highest BCUT2D eigenvalue weighted by molar-refractivity contribution is 6.61. The molecular formula is C10H20O2Si. The van der Waals surface area contributed by atoms with Gasteiger partial charge in [0, 0.05) is 25.2 Å². The summed E-state index contributed by atoms with van der Waals surface area (Å²) in [5, 5.41) is 0. The van der Waals surface area contributed by atoms with Crippen molar-refractivity contribution in [2.24, 2.45) is 0 Å². The van der Waals surface area contributed by atoms with Gasteiger partial charge in [-0.15, -0.1) is 0 Å². The second-order valence-electron chi connectivity index (χ2n) is 4.27. The Morgan fingerprint density at radius 2 is 2.15 bits per heavy atom. The fourth-order valence-electron chi connectivity index (χ4n) is 2.78. The van der Waals surface area contributed by atoms with E-state index in [-0.39, 0.29) is 0 Å². The smallest absolute Gasteiger partial charge is 0.105 e. The first-order valence-corrected chi connectivity index (χ1v) is 7.71. The molecule has 3 heteroatoms. The van der Waals surface area contributed by atoms with Crippen molar-refractivity contribution in [1.82, 2.24) is 0 Å². The molecule has 2 rings (SSSR count). The van der Waals surface area contributed by atoms with Gasteiger partial charge in [-0.25, -0.2) is 0 Å². The van der Waals surface area contributed by atoms with Crippen LogP contribution in [0.3, 0.4) is 0 Å². The minimum atomic E-state index is -0.738. The van der Waals surface area contributed by atoms with E-state index in [1.165, 1.54) is 38.1 Å². The lowest BCUT2D eigenvalue weighted by Crippen LogP contribution is -2.45. The van der Waals surface area contributed by atoms with Gasteiger partial charge in [-0.3, -0.25) is 0 Å². The third-order valence-electron chi connectivity index (χ3n) is 3.50. The molecule has 0 aromatic rings. The van der Waals surface area contributed by atoms with Gasteiger partial charge < -0.3 is 9.47 Å². The summed E-state index contributed by atoms with van der Waals surface area (Å²) in [7, 11) is 1.14. The van der Waals surface area contributed by atoms with E-state index in [4.69, 9.17) is 9.47 Å². The lowest BCUT2D eigenvalue weighted by Gasteiger charge is -2.32. The highest BCUT2D eigenvalue weighted by Crippen LogP contribution is 2.28. The molecule has 2 saturated heterocycles. The summed E-state index contributed by atoms with van der Waals surface area (Å²) in [4.78, 5) is 0. The largest absolute Gasteiger partial charge is 0.385 e. The molecule has 3 atom stereocenters. The van der Waals surface area contributed by atoms with Crippen LogP contribution in [0.1, 0.15) is 32.1 Å². The van der Waals surface area contributed by atoms with E-state index < -0.39 is 8.80 Å². The molecule has 76 valence electrons. The number of methoxy groups -OCH3 is 1.